The molecule has 0 aliphatic carbocycles. The third-order valence-corrected chi connectivity index (χ3v) is 1.48. The van der Waals surface area contributed by atoms with Crippen molar-refractivity contribution in [3.05, 3.63) is 23.5 Å². The van der Waals surface area contributed by atoms with Gasteiger partial charge in [-0.25, -0.2) is 4.99 Å². The van der Waals surface area contributed by atoms with Gasteiger partial charge in [0.25, 0.3) is 0 Å². The van der Waals surface area contributed by atoms with Crippen LogP contribution < -0.4 is 5.32 Å². The van der Waals surface area contributed by atoms with Crippen LogP contribution >= 0.6 is 0 Å². The summed E-state index contributed by atoms with van der Waals surface area (Å²) in [6, 6.07) is 0. The van der Waals surface area contributed by atoms with E-state index in [0.29, 0.717) is 0 Å². The second kappa shape index (κ2) is 2.10. The molecule has 0 amide bonds. The summed E-state index contributed by atoms with van der Waals surface area (Å²) in [4.78, 5) is 8.03. The van der Waals surface area contributed by atoms with Crippen molar-refractivity contribution in [2.45, 2.75) is 0 Å². The largest absolute Gasteiger partial charge is 0.346 e. The van der Waals surface area contributed by atoms with Crippen LogP contribution in [0.1, 0.15) is 0 Å². The van der Waals surface area contributed by atoms with Gasteiger partial charge in [0.15, 0.2) is 0 Å². The first-order valence-electron chi connectivity index (χ1n) is 3.14. The number of nitrogens with zero attached hydrogens (tertiary/aromatic N) is 2. The molecule has 2 rings (SSSR count). The zero-order valence-corrected chi connectivity index (χ0v) is 5.41. The number of hydrogen-bond acceptors (Lipinski definition) is 3. The molecule has 1 N–H and O–H groups in total. The number of allylic oxidation sites excluding steroid dienone is 1. The highest BCUT2D eigenvalue weighted by Gasteiger charge is 2.07. The fourth-order valence-corrected chi connectivity index (χ4v) is 0.956. The van der Waals surface area contributed by atoms with E-state index < -0.39 is 0 Å². The maximum atomic E-state index is 4.08. The number of dihydropyridines is 1. The van der Waals surface area contributed by atoms with Crippen molar-refractivity contribution in [3.63, 3.8) is 0 Å². The minimum absolute atomic E-state index is 0.746. The Hall–Kier alpha value is -1.38. The smallest absolute Gasteiger partial charge is 0.0923 e. The highest BCUT2D eigenvalue weighted by Crippen LogP contribution is 2.11. The van der Waals surface area contributed by atoms with Crippen molar-refractivity contribution in [1.82, 2.24) is 5.32 Å². The number of aliphatic imine (C=N–C) groups is 2. The minimum atomic E-state index is 0.746. The van der Waals surface area contributed by atoms with Crippen LogP contribution in [-0.4, -0.2) is 19.1 Å². The highest BCUT2D eigenvalue weighted by molar-refractivity contribution is 5.78. The highest BCUT2D eigenvalue weighted by atomic mass is 15.0. The molecule has 0 atom stereocenters. The second-order valence-corrected chi connectivity index (χ2v) is 2.15. The molecule has 0 spiro atoms. The Bertz CT molecular complexity index is 230. The molecule has 0 aromatic rings. The van der Waals surface area contributed by atoms with E-state index in [-0.39, 0.29) is 0 Å². The molecule has 2 aliphatic heterocycles. The summed E-state index contributed by atoms with van der Waals surface area (Å²) < 4.78 is 0. The minimum Gasteiger partial charge on any atom is -0.346 e. The van der Waals surface area contributed by atoms with Crippen LogP contribution in [0.2, 0.25) is 0 Å². The van der Waals surface area contributed by atoms with Gasteiger partial charge < -0.3 is 5.32 Å². The molecule has 0 saturated carbocycles. The average molecular weight is 133 g/mol. The van der Waals surface area contributed by atoms with Gasteiger partial charge in [-0.1, -0.05) is 0 Å². The van der Waals surface area contributed by atoms with Gasteiger partial charge >= 0.3 is 0 Å². The molecule has 0 fully saturated rings. The molecule has 0 unspecified atom stereocenters. The number of rotatable bonds is 0. The van der Waals surface area contributed by atoms with Crippen LogP contribution in [0.25, 0.3) is 0 Å². The lowest BCUT2D eigenvalue weighted by Crippen LogP contribution is -2.19. The SMILES string of the molecule is C1=NC=C2CN=CC=C2N1. The molecule has 2 aliphatic rings. The topological polar surface area (TPSA) is 36.8 Å². The lowest BCUT2D eigenvalue weighted by Gasteiger charge is -2.14. The van der Waals surface area contributed by atoms with Gasteiger partial charge in [0.2, 0.25) is 0 Å². The van der Waals surface area contributed by atoms with Crippen LogP contribution in [0.5, 0.6) is 0 Å². The molecular weight excluding hydrogens is 126 g/mol. The summed E-state index contributed by atoms with van der Waals surface area (Å²) in [5.74, 6) is 0. The third-order valence-electron chi connectivity index (χ3n) is 1.48. The Balaban J connectivity index is 2.38. The number of fused-ring (bicyclic) bond motifs is 1. The molecular formula is C7H7N3. The fraction of sp³-hybridized carbons (Fsp3) is 0.143. The third kappa shape index (κ3) is 0.757. The van der Waals surface area contributed by atoms with E-state index in [1.165, 1.54) is 0 Å². The fourth-order valence-electron chi connectivity index (χ4n) is 0.956. The normalized spacial score (nSPS) is 20.8. The molecule has 0 aromatic heterocycles. The molecule has 0 saturated heterocycles. The second-order valence-electron chi connectivity index (χ2n) is 2.15. The van der Waals surface area contributed by atoms with E-state index in [0.717, 1.165) is 17.8 Å². The van der Waals surface area contributed by atoms with E-state index in [4.69, 9.17) is 0 Å². The van der Waals surface area contributed by atoms with Gasteiger partial charge in [0.1, 0.15) is 0 Å². The van der Waals surface area contributed by atoms with E-state index in [1.54, 1.807) is 12.6 Å². The number of hydrogen-bond donors (Lipinski definition) is 1. The van der Waals surface area contributed by atoms with Gasteiger partial charge in [0.05, 0.1) is 12.9 Å². The van der Waals surface area contributed by atoms with Crippen LogP contribution in [0.3, 0.4) is 0 Å². The lowest BCUT2D eigenvalue weighted by molar-refractivity contribution is 1.02. The summed E-state index contributed by atoms with van der Waals surface area (Å²) in [6.45, 7) is 0.746. The predicted molar refractivity (Wildman–Crippen MR) is 41.2 cm³/mol. The maximum Gasteiger partial charge on any atom is 0.0923 e. The van der Waals surface area contributed by atoms with Gasteiger partial charge in [0, 0.05) is 23.7 Å². The summed E-state index contributed by atoms with van der Waals surface area (Å²) in [5.41, 5.74) is 2.27. The summed E-state index contributed by atoms with van der Waals surface area (Å²) in [7, 11) is 0. The Morgan fingerprint density at radius 3 is 3.40 bits per heavy atom. The quantitative estimate of drug-likeness (QED) is 0.512. The molecule has 2 heterocycles. The Kier molecular flexibility index (Phi) is 1.13. The van der Waals surface area contributed by atoms with Crippen LogP contribution in [0, 0.1) is 0 Å². The predicted octanol–water partition coefficient (Wildman–Crippen LogP) is 0.470. The average Bonchev–Trinajstić information content (AvgIpc) is 2.05. The summed E-state index contributed by atoms with van der Waals surface area (Å²) >= 11 is 0. The van der Waals surface area contributed by atoms with E-state index >= 15 is 0 Å². The first-order valence-corrected chi connectivity index (χ1v) is 3.14. The first-order chi connectivity index (χ1) is 4.97. The molecule has 3 nitrogen and oxygen atoms in total. The molecule has 0 radical (unpaired) electrons. The Morgan fingerprint density at radius 1 is 1.50 bits per heavy atom. The van der Waals surface area contributed by atoms with Crippen molar-refractivity contribution in [2.24, 2.45) is 9.98 Å². The van der Waals surface area contributed by atoms with E-state index in [2.05, 4.69) is 15.3 Å². The van der Waals surface area contributed by atoms with Gasteiger partial charge in [-0.05, 0) is 6.08 Å². The Morgan fingerprint density at radius 2 is 2.50 bits per heavy atom. The molecule has 0 bridgehead atoms. The lowest BCUT2D eigenvalue weighted by atomic mass is 10.1. The van der Waals surface area contributed by atoms with Crippen molar-refractivity contribution in [2.75, 3.05) is 6.54 Å². The van der Waals surface area contributed by atoms with Crippen LogP contribution in [0.4, 0.5) is 0 Å². The molecule has 50 valence electrons. The van der Waals surface area contributed by atoms with Crippen molar-refractivity contribution in [1.29, 1.82) is 0 Å². The molecule has 0 aromatic carbocycles. The van der Waals surface area contributed by atoms with Crippen LogP contribution in [-0.2, 0) is 0 Å². The summed E-state index contributed by atoms with van der Waals surface area (Å²) in [5, 5.41) is 3.03. The van der Waals surface area contributed by atoms with Gasteiger partial charge in [-0.3, -0.25) is 4.99 Å². The van der Waals surface area contributed by atoms with Gasteiger partial charge in [-0.15, -0.1) is 0 Å². The molecule has 10 heavy (non-hydrogen) atoms. The van der Waals surface area contributed by atoms with E-state index in [1.807, 2.05) is 12.3 Å². The zero-order chi connectivity index (χ0) is 6.81. The van der Waals surface area contributed by atoms with Crippen molar-refractivity contribution >= 4 is 12.6 Å². The van der Waals surface area contributed by atoms with Gasteiger partial charge in [-0.2, -0.15) is 0 Å². The van der Waals surface area contributed by atoms with Crippen molar-refractivity contribution in [3.8, 4) is 0 Å². The molecule has 3 heteroatoms. The first kappa shape index (κ1) is 5.41. The zero-order valence-electron chi connectivity index (χ0n) is 5.41. The summed E-state index contributed by atoms with van der Waals surface area (Å²) in [6.07, 6.45) is 7.26. The van der Waals surface area contributed by atoms with Crippen molar-refractivity contribution < 1.29 is 0 Å². The Labute approximate surface area is 58.9 Å². The monoisotopic (exact) mass is 133 g/mol. The van der Waals surface area contributed by atoms with Crippen LogP contribution in [0.15, 0.2) is 33.5 Å². The maximum absolute atomic E-state index is 4.08. The number of nitrogens with one attached hydrogen (secondary N) is 1. The standard InChI is InChI=1S/C7H7N3/c1-2-8-3-6-4-9-5-10-7(1)6/h1-2,4-5H,3H2,(H,9,10). The van der Waals surface area contributed by atoms with E-state index in [9.17, 15) is 0 Å².